The molecule has 0 spiro atoms. The van der Waals surface area contributed by atoms with E-state index in [4.69, 9.17) is 9.97 Å². The van der Waals surface area contributed by atoms with E-state index in [0.717, 1.165) is 23.0 Å². The summed E-state index contributed by atoms with van der Waals surface area (Å²) in [5.41, 5.74) is 20.2. The molecule has 0 fully saturated rings. The number of fused-ring (bicyclic) bond motifs is 6. The summed E-state index contributed by atoms with van der Waals surface area (Å²) in [6.45, 7) is 13.5. The lowest BCUT2D eigenvalue weighted by atomic mass is 9.33. The van der Waals surface area contributed by atoms with Crippen molar-refractivity contribution in [1.29, 1.82) is 0 Å². The summed E-state index contributed by atoms with van der Waals surface area (Å²) >= 11 is 0. The molecular formula is C40H34B2N4. The van der Waals surface area contributed by atoms with Crippen molar-refractivity contribution in [3.63, 3.8) is 0 Å². The van der Waals surface area contributed by atoms with E-state index >= 15 is 0 Å². The number of benzene rings is 4. The van der Waals surface area contributed by atoms with Gasteiger partial charge in [0, 0.05) is 12.4 Å². The van der Waals surface area contributed by atoms with E-state index in [9.17, 15) is 0 Å². The van der Waals surface area contributed by atoms with Gasteiger partial charge in [0.25, 0.3) is 0 Å². The smallest absolute Gasteiger partial charge is 0.249 e. The highest BCUT2D eigenvalue weighted by Gasteiger charge is 2.47. The Balaban J connectivity index is 1.39. The summed E-state index contributed by atoms with van der Waals surface area (Å²) in [6.07, 6.45) is 3.95. The van der Waals surface area contributed by atoms with Crippen LogP contribution in [0.15, 0.2) is 97.3 Å². The molecule has 0 atom stereocenters. The number of nitrogens with zero attached hydrogens (tertiary/aromatic N) is 4. The van der Waals surface area contributed by atoms with Gasteiger partial charge in [-0.2, -0.15) is 0 Å². The van der Waals surface area contributed by atoms with Crippen LogP contribution < -0.4 is 42.6 Å². The van der Waals surface area contributed by atoms with Crippen LogP contribution in [0.5, 0.6) is 0 Å². The molecule has 6 aromatic rings. The third-order valence-corrected chi connectivity index (χ3v) is 10.5. The number of rotatable bonds is 2. The zero-order chi connectivity index (χ0) is 31.4. The van der Waals surface area contributed by atoms with Crippen molar-refractivity contribution < 1.29 is 0 Å². The minimum absolute atomic E-state index is 0.0675. The Kier molecular flexibility index (Phi) is 5.75. The van der Waals surface area contributed by atoms with Gasteiger partial charge in [-0.1, -0.05) is 105 Å². The first-order valence-corrected chi connectivity index (χ1v) is 16.2. The first kappa shape index (κ1) is 27.2. The fourth-order valence-corrected chi connectivity index (χ4v) is 8.53. The summed E-state index contributed by atoms with van der Waals surface area (Å²) in [6, 6.07) is 31.8. The van der Waals surface area contributed by atoms with Crippen LogP contribution in [0.2, 0.25) is 0 Å². The van der Waals surface area contributed by atoms with Gasteiger partial charge >= 0.3 is 0 Å². The molecule has 9 rings (SSSR count). The molecular weight excluding hydrogens is 558 g/mol. The molecule has 0 bridgehead atoms. The lowest BCUT2D eigenvalue weighted by Gasteiger charge is -2.48. The Bertz CT molecular complexity index is 2120. The van der Waals surface area contributed by atoms with Crippen LogP contribution >= 0.6 is 0 Å². The van der Waals surface area contributed by atoms with E-state index in [1.807, 2.05) is 12.4 Å². The van der Waals surface area contributed by atoms with Crippen LogP contribution in [0.4, 0.5) is 34.4 Å². The first-order chi connectivity index (χ1) is 22.3. The molecule has 0 amide bonds. The number of aryl methyl sites for hydroxylation is 6. The highest BCUT2D eigenvalue weighted by molar-refractivity contribution is 6.99. The molecule has 46 heavy (non-hydrogen) atoms. The predicted octanol–water partition coefficient (Wildman–Crippen LogP) is 5.24. The van der Waals surface area contributed by atoms with Crippen LogP contribution in [-0.2, 0) is 0 Å². The molecule has 0 saturated heterocycles. The van der Waals surface area contributed by atoms with Gasteiger partial charge in [-0.05, 0) is 87.7 Å². The SMILES string of the molecule is Cc1ccc(B2c3cccc4c3N(c3cccc5c3N4c3nccc(C)c3B5c3ccc(C)cc3C)c3nccc(C)c32)c(C)c1. The summed E-state index contributed by atoms with van der Waals surface area (Å²) < 4.78 is 0. The van der Waals surface area contributed by atoms with Crippen LogP contribution in [0.1, 0.15) is 33.4 Å². The van der Waals surface area contributed by atoms with Gasteiger partial charge < -0.3 is 0 Å². The zero-order valence-electron chi connectivity index (χ0n) is 27.2. The molecule has 3 aliphatic heterocycles. The van der Waals surface area contributed by atoms with E-state index in [0.29, 0.717) is 0 Å². The van der Waals surface area contributed by atoms with E-state index in [1.54, 1.807) is 0 Å². The van der Waals surface area contributed by atoms with Crippen LogP contribution in [0, 0.1) is 41.5 Å². The monoisotopic (exact) mass is 592 g/mol. The van der Waals surface area contributed by atoms with Gasteiger partial charge in [0.05, 0.1) is 22.7 Å². The lowest BCUT2D eigenvalue weighted by molar-refractivity contribution is 1.10. The average Bonchev–Trinajstić information content (AvgIpc) is 3.03. The fourth-order valence-electron chi connectivity index (χ4n) is 8.53. The number of anilines is 6. The Morgan fingerprint density at radius 1 is 0.457 bits per heavy atom. The van der Waals surface area contributed by atoms with Crippen molar-refractivity contribution in [1.82, 2.24) is 9.97 Å². The van der Waals surface area contributed by atoms with Crippen LogP contribution in [0.3, 0.4) is 0 Å². The lowest BCUT2D eigenvalue weighted by Crippen LogP contribution is -2.62. The normalized spacial score (nSPS) is 13.7. The second-order valence-electron chi connectivity index (χ2n) is 13.4. The molecule has 0 N–H and O–H groups in total. The number of hydrogen-bond acceptors (Lipinski definition) is 4. The van der Waals surface area contributed by atoms with Crippen molar-refractivity contribution in [2.75, 3.05) is 9.80 Å². The summed E-state index contributed by atoms with van der Waals surface area (Å²) in [4.78, 5) is 15.2. The molecule has 5 heterocycles. The molecule has 2 aromatic heterocycles. The zero-order valence-corrected chi connectivity index (χ0v) is 27.2. The van der Waals surface area contributed by atoms with Gasteiger partial charge in [-0.3, -0.25) is 9.80 Å². The van der Waals surface area contributed by atoms with Crippen molar-refractivity contribution in [3.05, 3.63) is 131 Å². The maximum Gasteiger partial charge on any atom is 0.249 e. The number of hydrogen-bond donors (Lipinski definition) is 0. The summed E-state index contributed by atoms with van der Waals surface area (Å²) in [5.74, 6) is 2.04. The molecule has 6 heteroatoms. The average molecular weight is 592 g/mol. The van der Waals surface area contributed by atoms with Crippen LogP contribution in [-0.4, -0.2) is 23.4 Å². The second kappa shape index (κ2) is 9.70. The van der Waals surface area contributed by atoms with Gasteiger partial charge in [-0.25, -0.2) is 9.97 Å². The Hall–Kier alpha value is -5.09. The molecule has 0 unspecified atom stereocenters. The maximum atomic E-state index is 5.18. The fraction of sp³-hybridized carbons (Fsp3) is 0.150. The van der Waals surface area contributed by atoms with Gasteiger partial charge in [-0.15, -0.1) is 0 Å². The predicted molar refractivity (Wildman–Crippen MR) is 196 cm³/mol. The minimum Gasteiger partial charge on any atom is -0.292 e. The standard InChI is InChI=1S/C40H34B2N4/c1-23-13-15-29(27(5)21-23)41-31-9-7-11-33-37(31)45(39-35(41)25(3)17-19-43-39)34-12-8-10-32-38(34)46(33)40-36(26(4)18-20-44-40)42(32)30-16-14-24(2)22-28(30)6/h7-22H,1-6H3. The number of aromatic nitrogens is 2. The molecule has 4 aromatic carbocycles. The molecule has 0 aliphatic carbocycles. The third-order valence-electron chi connectivity index (χ3n) is 10.5. The van der Waals surface area contributed by atoms with E-state index < -0.39 is 0 Å². The summed E-state index contributed by atoms with van der Waals surface area (Å²) in [7, 11) is 0. The Morgan fingerprint density at radius 2 is 0.891 bits per heavy atom. The Morgan fingerprint density at radius 3 is 1.30 bits per heavy atom. The summed E-state index contributed by atoms with van der Waals surface area (Å²) in [5, 5.41) is 0. The maximum absolute atomic E-state index is 5.18. The van der Waals surface area contributed by atoms with E-state index in [1.165, 1.54) is 77.5 Å². The quantitative estimate of drug-likeness (QED) is 0.257. The number of pyridine rings is 2. The van der Waals surface area contributed by atoms with Crippen molar-refractivity contribution in [2.45, 2.75) is 41.5 Å². The molecule has 4 nitrogen and oxygen atoms in total. The highest BCUT2D eigenvalue weighted by atomic mass is 15.3. The highest BCUT2D eigenvalue weighted by Crippen LogP contribution is 2.54. The third kappa shape index (κ3) is 3.58. The van der Waals surface area contributed by atoms with E-state index in [2.05, 4.69) is 136 Å². The van der Waals surface area contributed by atoms with Crippen LogP contribution in [0.25, 0.3) is 0 Å². The largest absolute Gasteiger partial charge is 0.292 e. The topological polar surface area (TPSA) is 32.3 Å². The van der Waals surface area contributed by atoms with E-state index in [-0.39, 0.29) is 13.4 Å². The van der Waals surface area contributed by atoms with Crippen molar-refractivity contribution >= 4 is 80.6 Å². The number of para-hydroxylation sites is 2. The molecule has 3 aliphatic rings. The van der Waals surface area contributed by atoms with Gasteiger partial charge in [0.2, 0.25) is 13.4 Å². The molecule has 220 valence electrons. The van der Waals surface area contributed by atoms with Crippen molar-refractivity contribution in [2.24, 2.45) is 0 Å². The molecule has 0 radical (unpaired) electrons. The first-order valence-electron chi connectivity index (χ1n) is 16.2. The van der Waals surface area contributed by atoms with Gasteiger partial charge in [0.1, 0.15) is 11.6 Å². The Labute approximate surface area is 271 Å². The van der Waals surface area contributed by atoms with Crippen molar-refractivity contribution in [3.8, 4) is 0 Å². The second-order valence-corrected chi connectivity index (χ2v) is 13.4. The minimum atomic E-state index is 0.0675. The van der Waals surface area contributed by atoms with Gasteiger partial charge in [0.15, 0.2) is 0 Å². The molecule has 0 saturated carbocycles.